The number of anilines is 1. The van der Waals surface area contributed by atoms with Crippen LogP contribution in [-0.4, -0.2) is 17.4 Å². The molecule has 0 saturated heterocycles. The van der Waals surface area contributed by atoms with Crippen LogP contribution in [-0.2, 0) is 4.79 Å². The monoisotopic (exact) mass is 461 g/mol. The number of nitrogens with one attached hydrogen (secondary N) is 1. The summed E-state index contributed by atoms with van der Waals surface area (Å²) < 4.78 is 5.54. The molecule has 0 atom stereocenters. The van der Waals surface area contributed by atoms with Crippen molar-refractivity contribution in [3.63, 3.8) is 0 Å². The molecule has 0 spiro atoms. The molecule has 1 amide bonds. The maximum absolute atomic E-state index is 12.2. The lowest BCUT2D eigenvalue weighted by Crippen LogP contribution is -2.20. The normalized spacial score (nSPS) is 10.9. The molecule has 3 rings (SSSR count). The minimum atomic E-state index is -0.500. The summed E-state index contributed by atoms with van der Waals surface area (Å²) >= 11 is 6.30. The number of hydrogen-bond donors (Lipinski definition) is 1. The second kappa shape index (κ2) is 10.4. The summed E-state index contributed by atoms with van der Waals surface area (Å²) in [7, 11) is 0. The average molecular weight is 462 g/mol. The van der Waals surface area contributed by atoms with E-state index in [2.05, 4.69) is 11.4 Å². The molecule has 0 aromatic heterocycles. The maximum atomic E-state index is 12.2. The van der Waals surface area contributed by atoms with E-state index in [0.29, 0.717) is 28.1 Å². The van der Waals surface area contributed by atoms with E-state index in [1.807, 2.05) is 32.0 Å². The number of aryl methyl sites for hydroxylation is 2. The van der Waals surface area contributed by atoms with Gasteiger partial charge >= 0.3 is 0 Å². The number of carbonyl (C=O) groups is 1. The van der Waals surface area contributed by atoms with Gasteiger partial charge in [-0.2, -0.15) is 5.26 Å². The molecule has 0 bridgehead atoms. The minimum absolute atomic E-state index is 0.0536. The van der Waals surface area contributed by atoms with Crippen molar-refractivity contribution in [3.05, 3.63) is 98.1 Å². The first-order valence-corrected chi connectivity index (χ1v) is 10.3. The summed E-state index contributed by atoms with van der Waals surface area (Å²) in [5.41, 5.74) is 4.35. The quantitative estimate of drug-likeness (QED) is 0.202. The summed E-state index contributed by atoms with van der Waals surface area (Å²) in [6, 6.07) is 18.4. The summed E-state index contributed by atoms with van der Waals surface area (Å²) in [6.07, 6.45) is 1.61. The number of allylic oxidation sites excluding steroid dienone is 1. The molecule has 8 heteroatoms. The summed E-state index contributed by atoms with van der Waals surface area (Å²) in [4.78, 5) is 22.5. The number of ether oxygens (including phenoxy) is 1. The Bertz CT molecular complexity index is 1280. The van der Waals surface area contributed by atoms with Gasteiger partial charge < -0.3 is 10.1 Å². The Morgan fingerprint density at radius 2 is 1.85 bits per heavy atom. The molecular formula is C25H20ClN3O4. The Morgan fingerprint density at radius 3 is 2.45 bits per heavy atom. The van der Waals surface area contributed by atoms with E-state index in [0.717, 1.165) is 11.1 Å². The lowest BCUT2D eigenvalue weighted by atomic mass is 10.0. The second-order valence-corrected chi connectivity index (χ2v) is 7.71. The van der Waals surface area contributed by atoms with Gasteiger partial charge in [-0.15, -0.1) is 0 Å². The molecule has 1 N–H and O–H groups in total. The molecule has 0 aliphatic heterocycles. The largest absolute Gasteiger partial charge is 0.482 e. The van der Waals surface area contributed by atoms with Crippen molar-refractivity contribution in [1.29, 1.82) is 5.26 Å². The van der Waals surface area contributed by atoms with Crippen LogP contribution in [0.1, 0.15) is 22.3 Å². The molecule has 7 nitrogen and oxygen atoms in total. The third-order valence-corrected chi connectivity index (χ3v) is 5.22. The fourth-order valence-corrected chi connectivity index (χ4v) is 3.24. The van der Waals surface area contributed by atoms with Gasteiger partial charge in [0, 0.05) is 17.8 Å². The molecule has 33 heavy (non-hydrogen) atoms. The third kappa shape index (κ3) is 6.19. The van der Waals surface area contributed by atoms with E-state index < -0.39 is 4.92 Å². The Kier molecular flexibility index (Phi) is 7.44. The van der Waals surface area contributed by atoms with Crippen molar-refractivity contribution in [2.24, 2.45) is 0 Å². The molecule has 3 aromatic carbocycles. The highest BCUT2D eigenvalue weighted by Gasteiger charge is 2.10. The highest BCUT2D eigenvalue weighted by atomic mass is 35.5. The first-order valence-electron chi connectivity index (χ1n) is 9.93. The number of hydrogen-bond acceptors (Lipinski definition) is 5. The van der Waals surface area contributed by atoms with Crippen LogP contribution in [0.5, 0.6) is 5.75 Å². The van der Waals surface area contributed by atoms with Crippen LogP contribution in [0, 0.1) is 35.3 Å². The van der Waals surface area contributed by atoms with E-state index >= 15 is 0 Å². The Morgan fingerprint density at radius 1 is 1.12 bits per heavy atom. The molecule has 0 heterocycles. The van der Waals surface area contributed by atoms with Gasteiger partial charge in [-0.25, -0.2) is 0 Å². The van der Waals surface area contributed by atoms with Crippen LogP contribution >= 0.6 is 11.6 Å². The minimum Gasteiger partial charge on any atom is -0.482 e. The van der Waals surface area contributed by atoms with Crippen LogP contribution < -0.4 is 10.1 Å². The van der Waals surface area contributed by atoms with Crippen LogP contribution in [0.15, 0.2) is 60.7 Å². The smallest absolute Gasteiger partial charge is 0.269 e. The average Bonchev–Trinajstić information content (AvgIpc) is 2.79. The molecule has 0 aliphatic carbocycles. The number of nitro benzene ring substituents is 1. The van der Waals surface area contributed by atoms with Gasteiger partial charge in [0.15, 0.2) is 6.61 Å². The summed E-state index contributed by atoms with van der Waals surface area (Å²) in [5, 5.41) is 23.3. The fraction of sp³-hybridized carbons (Fsp3) is 0.120. The zero-order chi connectivity index (χ0) is 24.0. The van der Waals surface area contributed by atoms with E-state index in [9.17, 15) is 20.2 Å². The number of rotatable bonds is 7. The van der Waals surface area contributed by atoms with Crippen molar-refractivity contribution in [1.82, 2.24) is 0 Å². The first-order chi connectivity index (χ1) is 15.8. The summed E-state index contributed by atoms with van der Waals surface area (Å²) in [5.74, 6) is 0.0149. The topological polar surface area (TPSA) is 105 Å². The highest BCUT2D eigenvalue weighted by molar-refractivity contribution is 6.32. The number of amides is 1. The number of nitro groups is 1. The number of nitriles is 1. The standard InChI is InChI=1S/C25H20ClN3O4/c1-16-3-7-21(11-17(16)2)28-25(30)15-33-24-10-4-18(13-23(24)26)12-20(14-27)19-5-8-22(9-6-19)29(31)32/h3-13H,15H2,1-2H3,(H,28,30)/b20-12+. The van der Waals surface area contributed by atoms with Crippen LogP contribution in [0.3, 0.4) is 0 Å². The van der Waals surface area contributed by atoms with E-state index in [1.165, 1.54) is 24.3 Å². The summed E-state index contributed by atoms with van der Waals surface area (Å²) in [6.45, 7) is 3.75. The lowest BCUT2D eigenvalue weighted by Gasteiger charge is -2.10. The molecule has 0 aliphatic rings. The van der Waals surface area contributed by atoms with Gasteiger partial charge in [0.05, 0.1) is 21.6 Å². The number of benzene rings is 3. The molecule has 3 aromatic rings. The van der Waals surface area contributed by atoms with Crippen molar-refractivity contribution < 1.29 is 14.5 Å². The first kappa shape index (κ1) is 23.5. The Balaban J connectivity index is 1.67. The van der Waals surface area contributed by atoms with Gasteiger partial charge in [-0.1, -0.05) is 23.7 Å². The lowest BCUT2D eigenvalue weighted by molar-refractivity contribution is -0.384. The van der Waals surface area contributed by atoms with Crippen molar-refractivity contribution in [2.75, 3.05) is 11.9 Å². The molecule has 0 fully saturated rings. The zero-order valence-corrected chi connectivity index (χ0v) is 18.7. The predicted molar refractivity (Wildman–Crippen MR) is 128 cm³/mol. The fourth-order valence-electron chi connectivity index (χ4n) is 2.99. The number of nitrogens with zero attached hydrogens (tertiary/aromatic N) is 2. The van der Waals surface area contributed by atoms with Crippen LogP contribution in [0.4, 0.5) is 11.4 Å². The van der Waals surface area contributed by atoms with Gasteiger partial charge in [0.25, 0.3) is 11.6 Å². The zero-order valence-electron chi connectivity index (χ0n) is 18.0. The Labute approximate surface area is 196 Å². The number of non-ortho nitro benzene ring substituents is 1. The van der Waals surface area contributed by atoms with Gasteiger partial charge in [0.2, 0.25) is 0 Å². The van der Waals surface area contributed by atoms with Gasteiger partial charge in [0.1, 0.15) is 5.75 Å². The molecular weight excluding hydrogens is 442 g/mol. The van der Waals surface area contributed by atoms with Crippen LogP contribution in [0.2, 0.25) is 5.02 Å². The number of halogens is 1. The molecule has 0 saturated carbocycles. The molecule has 0 unspecified atom stereocenters. The third-order valence-electron chi connectivity index (χ3n) is 4.93. The SMILES string of the molecule is Cc1ccc(NC(=O)COc2ccc(/C=C(\C#N)c3ccc([N+](=O)[O-])cc3)cc2Cl)cc1C. The highest BCUT2D eigenvalue weighted by Crippen LogP contribution is 2.28. The molecule has 166 valence electrons. The van der Waals surface area contributed by atoms with E-state index in [-0.39, 0.29) is 23.2 Å². The maximum Gasteiger partial charge on any atom is 0.269 e. The number of carbonyl (C=O) groups excluding carboxylic acids is 1. The van der Waals surface area contributed by atoms with Gasteiger partial charge in [-0.05, 0) is 78.6 Å². The van der Waals surface area contributed by atoms with Gasteiger partial charge in [-0.3, -0.25) is 14.9 Å². The van der Waals surface area contributed by atoms with Crippen molar-refractivity contribution in [3.8, 4) is 11.8 Å². The van der Waals surface area contributed by atoms with Crippen molar-refractivity contribution >= 4 is 40.5 Å². The van der Waals surface area contributed by atoms with E-state index in [1.54, 1.807) is 24.3 Å². The van der Waals surface area contributed by atoms with Crippen LogP contribution in [0.25, 0.3) is 11.6 Å². The molecule has 0 radical (unpaired) electrons. The van der Waals surface area contributed by atoms with E-state index in [4.69, 9.17) is 16.3 Å². The predicted octanol–water partition coefficient (Wildman–Crippen LogP) is 5.95. The second-order valence-electron chi connectivity index (χ2n) is 7.30. The Hall–Kier alpha value is -4.15. The van der Waals surface area contributed by atoms with Crippen molar-refractivity contribution in [2.45, 2.75) is 13.8 Å².